The second kappa shape index (κ2) is 13.3. The first-order chi connectivity index (χ1) is 13.8. The maximum absolute atomic E-state index is 5.65. The normalized spacial score (nSPS) is 10.1. The number of benzene rings is 2. The molecular formula is C27H30O. The van der Waals surface area contributed by atoms with Crippen LogP contribution in [0.5, 0.6) is 5.75 Å². The van der Waals surface area contributed by atoms with E-state index < -0.39 is 0 Å². The van der Waals surface area contributed by atoms with Gasteiger partial charge in [0.25, 0.3) is 0 Å². The Morgan fingerprint density at radius 1 is 0.714 bits per heavy atom. The van der Waals surface area contributed by atoms with Crippen molar-refractivity contribution in [3.05, 3.63) is 77.4 Å². The van der Waals surface area contributed by atoms with Crippen LogP contribution in [0, 0.1) is 23.7 Å². The molecule has 2 rings (SSSR count). The highest BCUT2D eigenvalue weighted by atomic mass is 16.5. The van der Waals surface area contributed by atoms with Crippen molar-refractivity contribution in [1.29, 1.82) is 0 Å². The topological polar surface area (TPSA) is 9.23 Å². The number of aryl methyl sites for hydroxylation is 1. The molecule has 2 aromatic carbocycles. The van der Waals surface area contributed by atoms with Gasteiger partial charge in [0.15, 0.2) is 0 Å². The fraction of sp³-hybridized carbons (Fsp3) is 0.333. The SMILES string of the molecule is CCCCCc1ccc(C#C/C=C/C#Cc2ccc(OCCCC)cc2)cc1. The third-order valence-corrected chi connectivity index (χ3v) is 4.33. The summed E-state index contributed by atoms with van der Waals surface area (Å²) in [4.78, 5) is 0. The van der Waals surface area contributed by atoms with Crippen LogP contribution in [0.2, 0.25) is 0 Å². The zero-order valence-corrected chi connectivity index (χ0v) is 17.1. The van der Waals surface area contributed by atoms with Gasteiger partial charge in [-0.2, -0.15) is 0 Å². The van der Waals surface area contributed by atoms with Gasteiger partial charge in [-0.05, 0) is 73.4 Å². The highest BCUT2D eigenvalue weighted by molar-refractivity contribution is 5.42. The molecule has 0 saturated heterocycles. The van der Waals surface area contributed by atoms with E-state index in [0.717, 1.165) is 42.7 Å². The van der Waals surface area contributed by atoms with Crippen molar-refractivity contribution in [3.63, 3.8) is 0 Å². The summed E-state index contributed by atoms with van der Waals surface area (Å²) in [5.74, 6) is 13.2. The van der Waals surface area contributed by atoms with Crippen LogP contribution in [0.25, 0.3) is 0 Å². The van der Waals surface area contributed by atoms with E-state index in [-0.39, 0.29) is 0 Å². The van der Waals surface area contributed by atoms with Gasteiger partial charge in [0.05, 0.1) is 6.61 Å². The smallest absolute Gasteiger partial charge is 0.119 e. The van der Waals surface area contributed by atoms with Crippen LogP contribution in [0.4, 0.5) is 0 Å². The van der Waals surface area contributed by atoms with E-state index in [4.69, 9.17) is 4.74 Å². The molecule has 0 aliphatic heterocycles. The lowest BCUT2D eigenvalue weighted by atomic mass is 10.1. The lowest BCUT2D eigenvalue weighted by Crippen LogP contribution is -1.95. The average molecular weight is 371 g/mol. The van der Waals surface area contributed by atoms with Crippen LogP contribution in [0.1, 0.15) is 62.6 Å². The molecule has 0 aliphatic rings. The molecule has 0 aliphatic carbocycles. The Morgan fingerprint density at radius 3 is 1.86 bits per heavy atom. The molecule has 0 spiro atoms. The van der Waals surface area contributed by atoms with E-state index in [1.165, 1.54) is 24.8 Å². The van der Waals surface area contributed by atoms with Gasteiger partial charge in [0, 0.05) is 11.1 Å². The van der Waals surface area contributed by atoms with Crippen LogP contribution in [-0.2, 0) is 6.42 Å². The van der Waals surface area contributed by atoms with Gasteiger partial charge in [-0.15, -0.1) is 0 Å². The molecule has 1 nitrogen and oxygen atoms in total. The Labute approximate surface area is 170 Å². The number of hydrogen-bond donors (Lipinski definition) is 0. The highest BCUT2D eigenvalue weighted by Crippen LogP contribution is 2.12. The fourth-order valence-electron chi connectivity index (χ4n) is 2.64. The second-order valence-corrected chi connectivity index (χ2v) is 6.75. The van der Waals surface area contributed by atoms with E-state index in [0.29, 0.717) is 0 Å². The summed E-state index contributed by atoms with van der Waals surface area (Å²) >= 11 is 0. The Bertz CT molecular complexity index is 760. The standard InChI is InChI=1S/C27H30O/c1-3-5-9-12-24-15-17-25(18-16-24)13-10-7-8-11-14-26-19-21-27(22-20-26)28-23-6-4-2/h7-8,15-22H,3-6,9,12,23H2,1-2H3/b8-7+. The minimum atomic E-state index is 0.768. The second-order valence-electron chi connectivity index (χ2n) is 6.75. The van der Waals surface area contributed by atoms with Crippen molar-refractivity contribution >= 4 is 0 Å². The van der Waals surface area contributed by atoms with Crippen LogP contribution in [0.3, 0.4) is 0 Å². The van der Waals surface area contributed by atoms with Gasteiger partial charge >= 0.3 is 0 Å². The van der Waals surface area contributed by atoms with Gasteiger partial charge < -0.3 is 4.74 Å². The lowest BCUT2D eigenvalue weighted by molar-refractivity contribution is 0.309. The largest absolute Gasteiger partial charge is 0.494 e. The third kappa shape index (κ3) is 8.66. The van der Waals surface area contributed by atoms with Crippen molar-refractivity contribution < 1.29 is 4.74 Å². The number of allylic oxidation sites excluding steroid dienone is 2. The van der Waals surface area contributed by atoms with E-state index in [9.17, 15) is 0 Å². The molecule has 28 heavy (non-hydrogen) atoms. The molecule has 0 radical (unpaired) electrons. The summed E-state index contributed by atoms with van der Waals surface area (Å²) in [6.07, 6.45) is 10.8. The Balaban J connectivity index is 1.80. The summed E-state index contributed by atoms with van der Waals surface area (Å²) in [6.45, 7) is 5.16. The molecule has 2 aromatic rings. The molecule has 0 bridgehead atoms. The summed E-state index contributed by atoms with van der Waals surface area (Å²) in [6, 6.07) is 16.4. The van der Waals surface area contributed by atoms with Gasteiger partial charge in [0.1, 0.15) is 5.75 Å². The molecule has 0 amide bonds. The minimum Gasteiger partial charge on any atom is -0.494 e. The van der Waals surface area contributed by atoms with Crippen LogP contribution in [-0.4, -0.2) is 6.61 Å². The predicted molar refractivity (Wildman–Crippen MR) is 119 cm³/mol. The minimum absolute atomic E-state index is 0.768. The monoisotopic (exact) mass is 370 g/mol. The molecule has 0 unspecified atom stereocenters. The molecular weight excluding hydrogens is 340 g/mol. The molecule has 1 heteroatoms. The van der Waals surface area contributed by atoms with E-state index in [2.05, 4.69) is 61.8 Å². The van der Waals surface area contributed by atoms with Crippen molar-refractivity contribution in [2.75, 3.05) is 6.61 Å². The van der Waals surface area contributed by atoms with Gasteiger partial charge in [-0.1, -0.05) is 68.9 Å². The van der Waals surface area contributed by atoms with Crippen molar-refractivity contribution in [2.24, 2.45) is 0 Å². The number of unbranched alkanes of at least 4 members (excludes halogenated alkanes) is 3. The maximum Gasteiger partial charge on any atom is 0.119 e. The van der Waals surface area contributed by atoms with Gasteiger partial charge in [0.2, 0.25) is 0 Å². The lowest BCUT2D eigenvalue weighted by Gasteiger charge is -2.04. The summed E-state index contributed by atoms with van der Waals surface area (Å²) in [5, 5.41) is 0. The molecule has 144 valence electrons. The first-order valence-corrected chi connectivity index (χ1v) is 10.3. The van der Waals surface area contributed by atoms with Crippen LogP contribution < -0.4 is 4.74 Å². The molecule has 0 heterocycles. The van der Waals surface area contributed by atoms with Crippen molar-refractivity contribution in [2.45, 2.75) is 52.4 Å². The van der Waals surface area contributed by atoms with Gasteiger partial charge in [-0.25, -0.2) is 0 Å². The van der Waals surface area contributed by atoms with E-state index in [1.54, 1.807) is 12.2 Å². The first-order valence-electron chi connectivity index (χ1n) is 10.3. The molecule has 0 saturated carbocycles. The van der Waals surface area contributed by atoms with Gasteiger partial charge in [-0.3, -0.25) is 0 Å². The predicted octanol–water partition coefficient (Wildman–Crippen LogP) is 6.56. The first kappa shape index (κ1) is 21.4. The van der Waals surface area contributed by atoms with E-state index >= 15 is 0 Å². The zero-order chi connectivity index (χ0) is 19.9. The van der Waals surface area contributed by atoms with Crippen LogP contribution in [0.15, 0.2) is 60.7 Å². The summed E-state index contributed by atoms with van der Waals surface area (Å²) in [5.41, 5.74) is 3.40. The number of hydrogen-bond acceptors (Lipinski definition) is 1. The molecule has 0 aromatic heterocycles. The quantitative estimate of drug-likeness (QED) is 0.378. The third-order valence-electron chi connectivity index (χ3n) is 4.33. The molecule has 0 atom stereocenters. The Morgan fingerprint density at radius 2 is 1.29 bits per heavy atom. The average Bonchev–Trinajstić information content (AvgIpc) is 2.73. The number of ether oxygens (including phenoxy) is 1. The number of rotatable bonds is 8. The van der Waals surface area contributed by atoms with E-state index in [1.807, 2.05) is 24.3 Å². The van der Waals surface area contributed by atoms with Crippen molar-refractivity contribution in [1.82, 2.24) is 0 Å². The maximum atomic E-state index is 5.65. The van der Waals surface area contributed by atoms with Crippen molar-refractivity contribution in [3.8, 4) is 29.4 Å². The molecule has 0 N–H and O–H groups in total. The zero-order valence-electron chi connectivity index (χ0n) is 17.1. The Kier molecular flexibility index (Phi) is 10.2. The fourth-order valence-corrected chi connectivity index (χ4v) is 2.64. The highest BCUT2D eigenvalue weighted by Gasteiger charge is 1.94. The Hall–Kier alpha value is -2.90. The summed E-state index contributed by atoms with van der Waals surface area (Å²) in [7, 11) is 0. The summed E-state index contributed by atoms with van der Waals surface area (Å²) < 4.78 is 5.65. The van der Waals surface area contributed by atoms with Crippen LogP contribution >= 0.6 is 0 Å². The molecule has 0 fully saturated rings.